The molecule has 7 heteroatoms. The molecule has 0 spiro atoms. The summed E-state index contributed by atoms with van der Waals surface area (Å²) in [5, 5.41) is 4.59. The molecule has 2 aromatic carbocycles. The summed E-state index contributed by atoms with van der Waals surface area (Å²) in [5.74, 6) is 0.0469. The molecule has 0 N–H and O–H groups in total. The van der Waals surface area contributed by atoms with Crippen LogP contribution in [0.2, 0.25) is 0 Å². The molecule has 1 amide bonds. The summed E-state index contributed by atoms with van der Waals surface area (Å²) in [6, 6.07) is 15.1. The van der Waals surface area contributed by atoms with E-state index < -0.39 is 5.97 Å². The van der Waals surface area contributed by atoms with Crippen molar-refractivity contribution in [3.63, 3.8) is 0 Å². The van der Waals surface area contributed by atoms with Crippen molar-refractivity contribution >= 4 is 11.9 Å². The number of hydrogen-bond acceptors (Lipinski definition) is 5. The minimum Gasteiger partial charge on any atom is -0.497 e. The Labute approximate surface area is 181 Å². The molecule has 1 aliphatic heterocycles. The zero-order valence-electron chi connectivity index (χ0n) is 17.9. The second-order valence-corrected chi connectivity index (χ2v) is 7.45. The Balaban J connectivity index is 1.70. The molecular weight excluding hydrogens is 394 g/mol. The molecule has 7 nitrogen and oxygen atoms in total. The summed E-state index contributed by atoms with van der Waals surface area (Å²) < 4.78 is 12.3. The molecule has 0 aliphatic carbocycles. The van der Waals surface area contributed by atoms with E-state index in [1.807, 2.05) is 31.2 Å². The summed E-state index contributed by atoms with van der Waals surface area (Å²) in [5.41, 5.74) is 4.51. The minimum atomic E-state index is -0.472. The number of hydrogen-bond donors (Lipinski definition) is 0. The number of nitrogens with zero attached hydrogens (tertiary/aromatic N) is 3. The van der Waals surface area contributed by atoms with Crippen LogP contribution >= 0.6 is 0 Å². The Bertz CT molecular complexity index is 1120. The largest absolute Gasteiger partial charge is 0.497 e. The number of amides is 1. The van der Waals surface area contributed by atoms with Crippen LogP contribution in [0.3, 0.4) is 0 Å². The Morgan fingerprint density at radius 3 is 2.61 bits per heavy atom. The van der Waals surface area contributed by atoms with E-state index >= 15 is 0 Å². The van der Waals surface area contributed by atoms with Crippen LogP contribution in [0.15, 0.2) is 48.5 Å². The van der Waals surface area contributed by atoms with Crippen LogP contribution in [0.25, 0.3) is 5.69 Å². The van der Waals surface area contributed by atoms with E-state index in [0.29, 0.717) is 30.8 Å². The Morgan fingerprint density at radius 1 is 1.13 bits per heavy atom. The number of carbonyl (C=O) groups is 2. The van der Waals surface area contributed by atoms with Crippen LogP contribution in [0.5, 0.6) is 5.75 Å². The minimum absolute atomic E-state index is 0.109. The summed E-state index contributed by atoms with van der Waals surface area (Å²) >= 11 is 0. The molecule has 4 rings (SSSR count). The third-order valence-corrected chi connectivity index (χ3v) is 5.41. The first-order valence-electron chi connectivity index (χ1n) is 10.3. The number of ether oxygens (including phenoxy) is 2. The monoisotopic (exact) mass is 419 g/mol. The fourth-order valence-corrected chi connectivity index (χ4v) is 3.79. The van der Waals surface area contributed by atoms with E-state index in [0.717, 1.165) is 22.5 Å². The number of aryl methyl sites for hydroxylation is 1. The van der Waals surface area contributed by atoms with Crippen molar-refractivity contribution < 1.29 is 19.1 Å². The first-order chi connectivity index (χ1) is 15.0. The molecule has 0 atom stereocenters. The highest BCUT2D eigenvalue weighted by Crippen LogP contribution is 2.27. The van der Waals surface area contributed by atoms with Crippen molar-refractivity contribution in [2.45, 2.75) is 26.8 Å². The van der Waals surface area contributed by atoms with Gasteiger partial charge in [0.1, 0.15) is 5.75 Å². The lowest BCUT2D eigenvalue weighted by Gasteiger charge is -2.28. The van der Waals surface area contributed by atoms with Crippen LogP contribution < -0.4 is 4.74 Å². The van der Waals surface area contributed by atoms with Gasteiger partial charge in [0, 0.05) is 24.1 Å². The van der Waals surface area contributed by atoms with Crippen molar-refractivity contribution in [3.05, 3.63) is 76.6 Å². The molecular formula is C24H25N3O4. The molecule has 1 aromatic heterocycles. The quantitative estimate of drug-likeness (QED) is 0.591. The lowest BCUT2D eigenvalue weighted by atomic mass is 10.0. The van der Waals surface area contributed by atoms with Gasteiger partial charge in [-0.25, -0.2) is 9.48 Å². The average Bonchev–Trinajstić information content (AvgIpc) is 3.18. The van der Waals surface area contributed by atoms with Gasteiger partial charge in [-0.1, -0.05) is 23.8 Å². The van der Waals surface area contributed by atoms with Crippen LogP contribution in [-0.2, 0) is 17.7 Å². The highest BCUT2D eigenvalue weighted by atomic mass is 16.5. The van der Waals surface area contributed by atoms with Crippen LogP contribution in [0.4, 0.5) is 0 Å². The fourth-order valence-electron chi connectivity index (χ4n) is 3.79. The maximum absolute atomic E-state index is 13.1. The molecule has 0 bridgehead atoms. The molecule has 2 heterocycles. The smallest absolute Gasteiger partial charge is 0.359 e. The summed E-state index contributed by atoms with van der Waals surface area (Å²) in [4.78, 5) is 27.5. The average molecular weight is 419 g/mol. The fraction of sp³-hybridized carbons (Fsp3) is 0.292. The van der Waals surface area contributed by atoms with E-state index in [-0.39, 0.29) is 18.2 Å². The number of fused-ring (bicyclic) bond motifs is 1. The number of methoxy groups -OCH3 is 1. The molecule has 3 aromatic rings. The first kappa shape index (κ1) is 20.7. The third kappa shape index (κ3) is 4.03. The van der Waals surface area contributed by atoms with Gasteiger partial charge in [0.2, 0.25) is 0 Å². The summed E-state index contributed by atoms with van der Waals surface area (Å²) in [7, 11) is 1.57. The van der Waals surface area contributed by atoms with E-state index in [1.54, 1.807) is 47.9 Å². The maximum atomic E-state index is 13.1. The number of aromatic nitrogens is 2. The zero-order valence-corrected chi connectivity index (χ0v) is 17.9. The number of benzene rings is 2. The lowest BCUT2D eigenvalue weighted by molar-refractivity contribution is 0.0513. The van der Waals surface area contributed by atoms with Gasteiger partial charge in [-0.3, -0.25) is 4.79 Å². The van der Waals surface area contributed by atoms with Crippen molar-refractivity contribution in [1.82, 2.24) is 14.7 Å². The second-order valence-electron chi connectivity index (χ2n) is 7.45. The number of esters is 1. The van der Waals surface area contributed by atoms with Gasteiger partial charge < -0.3 is 14.4 Å². The van der Waals surface area contributed by atoms with Crippen molar-refractivity contribution in [1.29, 1.82) is 0 Å². The van der Waals surface area contributed by atoms with Crippen LogP contribution in [0.1, 0.15) is 44.6 Å². The lowest BCUT2D eigenvalue weighted by Crippen LogP contribution is -2.36. The molecule has 1 aliphatic rings. The molecule has 0 saturated heterocycles. The Kier molecular flexibility index (Phi) is 5.75. The van der Waals surface area contributed by atoms with Gasteiger partial charge in [-0.15, -0.1) is 0 Å². The van der Waals surface area contributed by atoms with Gasteiger partial charge in [0.25, 0.3) is 5.91 Å². The predicted molar refractivity (Wildman–Crippen MR) is 116 cm³/mol. The standard InChI is InChI=1S/C24H25N3O4/c1-4-31-24(29)22-20-15-26(23(28)17-6-5-7-19(14-17)30-3)13-12-21(20)27(25-22)18-10-8-16(2)9-11-18/h5-11,14H,4,12-13,15H2,1-3H3. The molecule has 0 radical (unpaired) electrons. The number of rotatable bonds is 5. The molecule has 160 valence electrons. The topological polar surface area (TPSA) is 73.7 Å². The van der Waals surface area contributed by atoms with E-state index in [9.17, 15) is 9.59 Å². The predicted octanol–water partition coefficient (Wildman–Crippen LogP) is 3.56. The summed E-state index contributed by atoms with van der Waals surface area (Å²) in [6.07, 6.45) is 0.589. The van der Waals surface area contributed by atoms with Gasteiger partial charge in [0.15, 0.2) is 5.69 Å². The molecule has 0 fully saturated rings. The van der Waals surface area contributed by atoms with Crippen LogP contribution in [0, 0.1) is 6.92 Å². The van der Waals surface area contributed by atoms with Crippen molar-refractivity contribution in [2.24, 2.45) is 0 Å². The Hall–Kier alpha value is -3.61. The molecule has 31 heavy (non-hydrogen) atoms. The summed E-state index contributed by atoms with van der Waals surface area (Å²) in [6.45, 7) is 4.88. The van der Waals surface area contributed by atoms with Crippen molar-refractivity contribution in [3.8, 4) is 11.4 Å². The van der Waals surface area contributed by atoms with E-state index in [2.05, 4.69) is 5.10 Å². The Morgan fingerprint density at radius 2 is 1.90 bits per heavy atom. The van der Waals surface area contributed by atoms with E-state index in [1.165, 1.54) is 0 Å². The second kappa shape index (κ2) is 8.63. The van der Waals surface area contributed by atoms with Gasteiger partial charge in [0.05, 0.1) is 31.6 Å². The van der Waals surface area contributed by atoms with Gasteiger partial charge in [-0.2, -0.15) is 5.10 Å². The SMILES string of the molecule is CCOC(=O)c1nn(-c2ccc(C)cc2)c2c1CN(C(=O)c1cccc(OC)c1)CC2. The maximum Gasteiger partial charge on any atom is 0.359 e. The third-order valence-electron chi connectivity index (χ3n) is 5.41. The van der Waals surface area contributed by atoms with E-state index in [4.69, 9.17) is 9.47 Å². The highest BCUT2D eigenvalue weighted by molar-refractivity contribution is 5.95. The number of carbonyl (C=O) groups excluding carboxylic acids is 2. The van der Waals surface area contributed by atoms with Crippen LogP contribution in [-0.4, -0.2) is 46.8 Å². The normalized spacial score (nSPS) is 12.9. The molecule has 0 saturated carbocycles. The first-order valence-corrected chi connectivity index (χ1v) is 10.3. The molecule has 0 unspecified atom stereocenters. The highest BCUT2D eigenvalue weighted by Gasteiger charge is 2.31. The zero-order chi connectivity index (χ0) is 22.0. The van der Waals surface area contributed by atoms with Gasteiger partial charge in [-0.05, 0) is 44.2 Å². The van der Waals surface area contributed by atoms with Crippen molar-refractivity contribution in [2.75, 3.05) is 20.3 Å². The van der Waals surface area contributed by atoms with Gasteiger partial charge >= 0.3 is 5.97 Å².